The quantitative estimate of drug-likeness (QED) is 0.472. The Morgan fingerprint density at radius 2 is 2.20 bits per heavy atom. The molecule has 0 aromatic heterocycles. The molecule has 0 saturated carbocycles. The first-order valence-corrected chi connectivity index (χ1v) is 4.48. The van der Waals surface area contributed by atoms with E-state index in [2.05, 4.69) is 20.7 Å². The van der Waals surface area contributed by atoms with E-state index < -0.39 is 28.0 Å². The third-order valence-corrected chi connectivity index (χ3v) is 2.27. The molecule has 1 aromatic rings. The molecule has 0 atom stereocenters. The summed E-state index contributed by atoms with van der Waals surface area (Å²) in [5.74, 6) is -1.83. The van der Waals surface area contributed by atoms with Crippen molar-refractivity contribution < 1.29 is 18.8 Å². The molecule has 0 heterocycles. The van der Waals surface area contributed by atoms with Gasteiger partial charge in [-0.05, 0) is 22.0 Å². The SMILES string of the molecule is COC(=O)c1cc([N+](=O)[O-])c(Br)cc1F. The molecule has 0 spiro atoms. The number of nitrogens with zero attached hydrogens (tertiary/aromatic N) is 1. The lowest BCUT2D eigenvalue weighted by Gasteiger charge is -2.02. The second-order valence-electron chi connectivity index (χ2n) is 2.53. The number of carbonyl (C=O) groups is 1. The smallest absolute Gasteiger partial charge is 0.341 e. The van der Waals surface area contributed by atoms with Crippen LogP contribution in [-0.4, -0.2) is 18.0 Å². The van der Waals surface area contributed by atoms with E-state index in [1.54, 1.807) is 0 Å². The first-order chi connectivity index (χ1) is 6.97. The molecule has 0 unspecified atom stereocenters. The van der Waals surface area contributed by atoms with Crippen LogP contribution in [0.4, 0.5) is 10.1 Å². The molecule has 0 aliphatic heterocycles. The van der Waals surface area contributed by atoms with Gasteiger partial charge in [0.25, 0.3) is 5.69 Å². The van der Waals surface area contributed by atoms with Crippen LogP contribution in [0.3, 0.4) is 0 Å². The van der Waals surface area contributed by atoms with E-state index in [-0.39, 0.29) is 4.47 Å². The lowest BCUT2D eigenvalue weighted by Crippen LogP contribution is -2.05. The number of rotatable bonds is 2. The molecule has 0 saturated heterocycles. The standard InChI is InChI=1S/C8H5BrFNO4/c1-15-8(12)4-2-7(11(13)14)5(9)3-6(4)10/h2-3H,1H3. The lowest BCUT2D eigenvalue weighted by molar-refractivity contribution is -0.385. The van der Waals surface area contributed by atoms with Crippen LogP contribution in [0.5, 0.6) is 0 Å². The minimum atomic E-state index is -0.955. The maximum Gasteiger partial charge on any atom is 0.341 e. The Kier molecular flexibility index (Phi) is 3.35. The summed E-state index contributed by atoms with van der Waals surface area (Å²) in [4.78, 5) is 20.8. The van der Waals surface area contributed by atoms with Crippen molar-refractivity contribution in [1.29, 1.82) is 0 Å². The highest BCUT2D eigenvalue weighted by Gasteiger charge is 2.21. The maximum atomic E-state index is 13.2. The van der Waals surface area contributed by atoms with Crippen LogP contribution in [0.2, 0.25) is 0 Å². The molecule has 80 valence electrons. The molecule has 15 heavy (non-hydrogen) atoms. The third kappa shape index (κ3) is 2.30. The number of esters is 1. The van der Waals surface area contributed by atoms with Crippen LogP contribution in [-0.2, 0) is 4.74 Å². The molecule has 0 fully saturated rings. The van der Waals surface area contributed by atoms with Crippen LogP contribution in [0, 0.1) is 15.9 Å². The van der Waals surface area contributed by atoms with Gasteiger partial charge in [-0.3, -0.25) is 10.1 Å². The highest BCUT2D eigenvalue weighted by molar-refractivity contribution is 9.10. The molecule has 0 aliphatic rings. The summed E-state index contributed by atoms with van der Waals surface area (Å²) < 4.78 is 17.4. The van der Waals surface area contributed by atoms with Gasteiger partial charge in [-0.15, -0.1) is 0 Å². The van der Waals surface area contributed by atoms with Crippen LogP contribution in [0.15, 0.2) is 16.6 Å². The van der Waals surface area contributed by atoms with Crippen molar-refractivity contribution in [1.82, 2.24) is 0 Å². The summed E-state index contributed by atoms with van der Waals surface area (Å²) in [5.41, 5.74) is -0.857. The normalized spacial score (nSPS) is 9.80. The van der Waals surface area contributed by atoms with Gasteiger partial charge in [0.1, 0.15) is 11.4 Å². The topological polar surface area (TPSA) is 69.4 Å². The summed E-state index contributed by atoms with van der Waals surface area (Å²) in [6, 6.07) is 1.68. The van der Waals surface area contributed by atoms with Crippen molar-refractivity contribution in [2.45, 2.75) is 0 Å². The van der Waals surface area contributed by atoms with Gasteiger partial charge in [0.2, 0.25) is 0 Å². The van der Waals surface area contributed by atoms with Crippen LogP contribution in [0.1, 0.15) is 10.4 Å². The van der Waals surface area contributed by atoms with Crippen molar-refractivity contribution >= 4 is 27.6 Å². The van der Waals surface area contributed by atoms with Gasteiger partial charge >= 0.3 is 5.97 Å². The Labute approximate surface area is 92.1 Å². The van der Waals surface area contributed by atoms with E-state index >= 15 is 0 Å². The van der Waals surface area contributed by atoms with E-state index in [9.17, 15) is 19.3 Å². The zero-order valence-electron chi connectivity index (χ0n) is 7.49. The number of hydrogen-bond donors (Lipinski definition) is 0. The van der Waals surface area contributed by atoms with Gasteiger partial charge in [0, 0.05) is 6.07 Å². The van der Waals surface area contributed by atoms with Gasteiger partial charge in [0.15, 0.2) is 0 Å². The molecule has 1 aromatic carbocycles. The Hall–Kier alpha value is -1.50. The molecule has 0 N–H and O–H groups in total. The summed E-state index contributed by atoms with van der Waals surface area (Å²) in [7, 11) is 1.07. The third-order valence-electron chi connectivity index (χ3n) is 1.64. The van der Waals surface area contributed by atoms with E-state index in [4.69, 9.17) is 0 Å². The number of benzene rings is 1. The molecular weight excluding hydrogens is 273 g/mol. The number of carbonyl (C=O) groups excluding carboxylic acids is 1. The predicted molar refractivity (Wildman–Crippen MR) is 52.1 cm³/mol. The first-order valence-electron chi connectivity index (χ1n) is 3.69. The number of hydrogen-bond acceptors (Lipinski definition) is 4. The van der Waals surface area contributed by atoms with Crippen molar-refractivity contribution in [3.8, 4) is 0 Å². The maximum absolute atomic E-state index is 13.2. The minimum Gasteiger partial charge on any atom is -0.465 e. The van der Waals surface area contributed by atoms with Gasteiger partial charge in [-0.25, -0.2) is 9.18 Å². The highest BCUT2D eigenvalue weighted by Crippen LogP contribution is 2.28. The Bertz CT molecular complexity index is 435. The van der Waals surface area contributed by atoms with Gasteiger partial charge in [0.05, 0.1) is 16.5 Å². The summed E-state index contributed by atoms with van der Waals surface area (Å²) in [6.45, 7) is 0. The minimum absolute atomic E-state index is 0.0300. The molecular formula is C8H5BrFNO4. The molecule has 0 bridgehead atoms. The van der Waals surface area contributed by atoms with Gasteiger partial charge in [-0.2, -0.15) is 0 Å². The Morgan fingerprint density at radius 1 is 1.60 bits per heavy atom. The molecule has 0 amide bonds. The van der Waals surface area contributed by atoms with Crippen molar-refractivity contribution in [2.75, 3.05) is 7.11 Å². The summed E-state index contributed by atoms with van der Waals surface area (Å²) in [5, 5.41) is 10.5. The largest absolute Gasteiger partial charge is 0.465 e. The fourth-order valence-electron chi connectivity index (χ4n) is 0.944. The Morgan fingerprint density at radius 3 is 2.67 bits per heavy atom. The number of halogens is 2. The van der Waals surface area contributed by atoms with E-state index in [0.29, 0.717) is 0 Å². The molecule has 0 radical (unpaired) electrons. The van der Waals surface area contributed by atoms with E-state index in [1.807, 2.05) is 0 Å². The molecule has 0 aliphatic carbocycles. The number of ether oxygens (including phenoxy) is 1. The fraction of sp³-hybridized carbons (Fsp3) is 0.125. The second-order valence-corrected chi connectivity index (χ2v) is 3.39. The number of methoxy groups -OCH3 is 1. The zero-order valence-corrected chi connectivity index (χ0v) is 9.08. The Balaban J connectivity index is 3.36. The number of nitro groups is 1. The van der Waals surface area contributed by atoms with Gasteiger partial charge in [-0.1, -0.05) is 0 Å². The average molecular weight is 278 g/mol. The van der Waals surface area contributed by atoms with Crippen molar-refractivity contribution in [3.63, 3.8) is 0 Å². The number of nitro benzene ring substituents is 1. The van der Waals surface area contributed by atoms with Crippen LogP contribution in [0.25, 0.3) is 0 Å². The van der Waals surface area contributed by atoms with E-state index in [1.165, 1.54) is 0 Å². The molecule has 7 heteroatoms. The highest BCUT2D eigenvalue weighted by atomic mass is 79.9. The fourth-order valence-corrected chi connectivity index (χ4v) is 1.40. The van der Waals surface area contributed by atoms with E-state index in [0.717, 1.165) is 19.2 Å². The first kappa shape index (κ1) is 11.6. The lowest BCUT2D eigenvalue weighted by atomic mass is 10.2. The summed E-state index contributed by atoms with van der Waals surface area (Å²) in [6.07, 6.45) is 0. The van der Waals surface area contributed by atoms with Crippen molar-refractivity contribution in [3.05, 3.63) is 38.1 Å². The summed E-state index contributed by atoms with van der Waals surface area (Å²) >= 11 is 2.82. The van der Waals surface area contributed by atoms with Gasteiger partial charge < -0.3 is 4.74 Å². The van der Waals surface area contributed by atoms with Crippen LogP contribution >= 0.6 is 15.9 Å². The zero-order chi connectivity index (χ0) is 11.6. The average Bonchev–Trinajstić information content (AvgIpc) is 2.16. The van der Waals surface area contributed by atoms with Crippen LogP contribution < -0.4 is 0 Å². The monoisotopic (exact) mass is 277 g/mol. The molecule has 5 nitrogen and oxygen atoms in total. The second kappa shape index (κ2) is 4.35. The molecule has 1 rings (SSSR count). The van der Waals surface area contributed by atoms with Crippen molar-refractivity contribution in [2.24, 2.45) is 0 Å². The predicted octanol–water partition coefficient (Wildman–Crippen LogP) is 2.28.